The van der Waals surface area contributed by atoms with Crippen molar-refractivity contribution in [2.24, 2.45) is 0 Å². The summed E-state index contributed by atoms with van der Waals surface area (Å²) in [7, 11) is 1.60. The molecule has 2 aromatic rings. The van der Waals surface area contributed by atoms with Crippen molar-refractivity contribution >= 4 is 17.1 Å². The topological polar surface area (TPSA) is 64.5 Å². The SMILES string of the molecule is CCOC(=O)c1cc2oc(COC)cc2[nH]1. The molecule has 0 amide bonds. The average molecular weight is 223 g/mol. The second-order valence-corrected chi connectivity index (χ2v) is 3.33. The van der Waals surface area contributed by atoms with Gasteiger partial charge in [-0.05, 0) is 6.92 Å². The van der Waals surface area contributed by atoms with Crippen molar-refractivity contribution in [1.29, 1.82) is 0 Å². The number of carbonyl (C=O) groups is 1. The van der Waals surface area contributed by atoms with Gasteiger partial charge in [0.2, 0.25) is 0 Å². The molecule has 0 saturated heterocycles. The van der Waals surface area contributed by atoms with Gasteiger partial charge in [0.25, 0.3) is 0 Å². The Morgan fingerprint density at radius 1 is 1.50 bits per heavy atom. The van der Waals surface area contributed by atoms with E-state index in [1.807, 2.05) is 6.07 Å². The summed E-state index contributed by atoms with van der Waals surface area (Å²) in [5.74, 6) is 0.348. The lowest BCUT2D eigenvalue weighted by Crippen LogP contribution is -2.04. The monoisotopic (exact) mass is 223 g/mol. The Morgan fingerprint density at radius 2 is 2.31 bits per heavy atom. The first-order valence-electron chi connectivity index (χ1n) is 5.02. The van der Waals surface area contributed by atoms with Crippen LogP contribution in [-0.4, -0.2) is 24.7 Å². The van der Waals surface area contributed by atoms with E-state index in [2.05, 4.69) is 4.98 Å². The highest BCUT2D eigenvalue weighted by molar-refractivity contribution is 5.93. The zero-order valence-electron chi connectivity index (χ0n) is 9.20. The number of H-pyrrole nitrogens is 1. The molecular weight excluding hydrogens is 210 g/mol. The van der Waals surface area contributed by atoms with Gasteiger partial charge >= 0.3 is 5.97 Å². The number of esters is 1. The van der Waals surface area contributed by atoms with Crippen molar-refractivity contribution in [1.82, 2.24) is 4.98 Å². The number of rotatable bonds is 4. The van der Waals surface area contributed by atoms with Crippen molar-refractivity contribution < 1.29 is 18.7 Å². The van der Waals surface area contributed by atoms with E-state index in [-0.39, 0.29) is 5.97 Å². The van der Waals surface area contributed by atoms with Gasteiger partial charge in [0.1, 0.15) is 18.1 Å². The molecule has 0 unspecified atom stereocenters. The highest BCUT2D eigenvalue weighted by Gasteiger charge is 2.13. The molecule has 5 heteroatoms. The summed E-state index contributed by atoms with van der Waals surface area (Å²) in [6.07, 6.45) is 0. The highest BCUT2D eigenvalue weighted by atomic mass is 16.5. The van der Waals surface area contributed by atoms with Gasteiger partial charge in [-0.25, -0.2) is 4.79 Å². The van der Waals surface area contributed by atoms with Gasteiger partial charge in [0.05, 0.1) is 12.1 Å². The molecule has 0 aliphatic carbocycles. The van der Waals surface area contributed by atoms with E-state index in [0.717, 1.165) is 11.3 Å². The van der Waals surface area contributed by atoms with Gasteiger partial charge in [-0.15, -0.1) is 0 Å². The summed E-state index contributed by atoms with van der Waals surface area (Å²) in [6, 6.07) is 3.44. The molecule has 0 radical (unpaired) electrons. The number of hydrogen-bond donors (Lipinski definition) is 1. The molecule has 0 fully saturated rings. The van der Waals surface area contributed by atoms with Crippen molar-refractivity contribution in [2.45, 2.75) is 13.5 Å². The maximum atomic E-state index is 11.4. The quantitative estimate of drug-likeness (QED) is 0.806. The molecular formula is C11H13NO4. The Morgan fingerprint density at radius 3 is 2.94 bits per heavy atom. The summed E-state index contributed by atoms with van der Waals surface area (Å²) in [6.45, 7) is 2.53. The van der Waals surface area contributed by atoms with Crippen LogP contribution in [0.5, 0.6) is 0 Å². The van der Waals surface area contributed by atoms with Gasteiger partial charge in [-0.1, -0.05) is 0 Å². The van der Waals surface area contributed by atoms with Crippen LogP contribution in [0.25, 0.3) is 11.1 Å². The lowest BCUT2D eigenvalue weighted by Gasteiger charge is -1.97. The minimum atomic E-state index is -0.373. The Bertz CT molecular complexity index is 466. The van der Waals surface area contributed by atoms with Crippen LogP contribution in [0.4, 0.5) is 0 Å². The smallest absolute Gasteiger partial charge is 0.354 e. The Balaban J connectivity index is 2.25. The zero-order valence-corrected chi connectivity index (χ0v) is 9.20. The first kappa shape index (κ1) is 10.8. The fourth-order valence-corrected chi connectivity index (χ4v) is 1.51. The molecule has 1 N–H and O–H groups in total. The molecule has 2 rings (SSSR count). The van der Waals surface area contributed by atoms with Crippen LogP contribution in [0.15, 0.2) is 16.5 Å². The van der Waals surface area contributed by atoms with E-state index in [0.29, 0.717) is 24.5 Å². The van der Waals surface area contributed by atoms with E-state index >= 15 is 0 Å². The number of aromatic amines is 1. The van der Waals surface area contributed by atoms with Gasteiger partial charge < -0.3 is 18.9 Å². The molecule has 86 valence electrons. The molecule has 0 atom stereocenters. The van der Waals surface area contributed by atoms with E-state index in [9.17, 15) is 4.79 Å². The lowest BCUT2D eigenvalue weighted by atomic mass is 10.4. The van der Waals surface area contributed by atoms with Crippen molar-refractivity contribution in [3.05, 3.63) is 23.6 Å². The summed E-state index contributed by atoms with van der Waals surface area (Å²) in [5, 5.41) is 0. The van der Waals surface area contributed by atoms with Crippen LogP contribution in [0.1, 0.15) is 23.2 Å². The standard InChI is InChI=1S/C11H13NO4/c1-3-15-11(13)9-5-10-8(12-9)4-7(16-10)6-14-2/h4-5,12H,3,6H2,1-2H3. The van der Waals surface area contributed by atoms with Gasteiger partial charge in [-0.2, -0.15) is 0 Å². The van der Waals surface area contributed by atoms with Crippen LogP contribution in [0.3, 0.4) is 0 Å². The minimum absolute atomic E-state index is 0.355. The first-order valence-corrected chi connectivity index (χ1v) is 5.02. The van der Waals surface area contributed by atoms with Crippen molar-refractivity contribution in [3.63, 3.8) is 0 Å². The summed E-state index contributed by atoms with van der Waals surface area (Å²) in [5.41, 5.74) is 1.81. The fraction of sp³-hybridized carbons (Fsp3) is 0.364. The Labute approximate surface area is 92.3 Å². The second kappa shape index (κ2) is 4.40. The largest absolute Gasteiger partial charge is 0.461 e. The van der Waals surface area contributed by atoms with Gasteiger partial charge in [-0.3, -0.25) is 0 Å². The third-order valence-electron chi connectivity index (χ3n) is 2.14. The van der Waals surface area contributed by atoms with Gasteiger partial charge in [0.15, 0.2) is 5.58 Å². The number of fused-ring (bicyclic) bond motifs is 1. The molecule has 0 spiro atoms. The Hall–Kier alpha value is -1.75. The van der Waals surface area contributed by atoms with Crippen LogP contribution < -0.4 is 0 Å². The van der Waals surface area contributed by atoms with E-state index in [1.165, 1.54) is 0 Å². The van der Waals surface area contributed by atoms with Crippen molar-refractivity contribution in [2.75, 3.05) is 13.7 Å². The molecule has 0 aliphatic rings. The molecule has 0 aromatic carbocycles. The average Bonchev–Trinajstić information content (AvgIpc) is 2.76. The van der Waals surface area contributed by atoms with E-state index in [1.54, 1.807) is 20.1 Å². The summed E-state index contributed by atoms with van der Waals surface area (Å²) in [4.78, 5) is 14.3. The summed E-state index contributed by atoms with van der Waals surface area (Å²) >= 11 is 0. The molecule has 5 nitrogen and oxygen atoms in total. The zero-order chi connectivity index (χ0) is 11.5. The third-order valence-corrected chi connectivity index (χ3v) is 2.14. The van der Waals surface area contributed by atoms with Crippen LogP contribution in [0, 0.1) is 0 Å². The predicted molar refractivity (Wildman–Crippen MR) is 57.2 cm³/mol. The molecule has 0 aliphatic heterocycles. The number of furan rings is 1. The minimum Gasteiger partial charge on any atom is -0.461 e. The highest BCUT2D eigenvalue weighted by Crippen LogP contribution is 2.21. The Kier molecular flexibility index (Phi) is 2.96. The predicted octanol–water partition coefficient (Wildman–Crippen LogP) is 2.08. The molecule has 16 heavy (non-hydrogen) atoms. The normalized spacial score (nSPS) is 10.9. The maximum absolute atomic E-state index is 11.4. The molecule has 2 heterocycles. The van der Waals surface area contributed by atoms with E-state index < -0.39 is 0 Å². The summed E-state index contributed by atoms with van der Waals surface area (Å²) < 4.78 is 15.3. The number of aromatic nitrogens is 1. The number of ether oxygens (including phenoxy) is 2. The lowest BCUT2D eigenvalue weighted by molar-refractivity contribution is 0.0520. The van der Waals surface area contributed by atoms with Gasteiger partial charge in [0, 0.05) is 19.2 Å². The van der Waals surface area contributed by atoms with Crippen LogP contribution >= 0.6 is 0 Å². The maximum Gasteiger partial charge on any atom is 0.354 e. The third kappa shape index (κ3) is 1.94. The number of methoxy groups -OCH3 is 1. The number of carbonyl (C=O) groups excluding carboxylic acids is 1. The number of nitrogens with one attached hydrogen (secondary N) is 1. The number of hydrogen-bond acceptors (Lipinski definition) is 4. The molecule has 0 bridgehead atoms. The second-order valence-electron chi connectivity index (χ2n) is 3.33. The van der Waals surface area contributed by atoms with E-state index in [4.69, 9.17) is 13.9 Å². The van der Waals surface area contributed by atoms with Crippen molar-refractivity contribution in [3.8, 4) is 0 Å². The fourth-order valence-electron chi connectivity index (χ4n) is 1.51. The molecule has 0 saturated carbocycles. The van der Waals surface area contributed by atoms with Crippen LogP contribution in [0.2, 0.25) is 0 Å². The first-order chi connectivity index (χ1) is 7.74. The van der Waals surface area contributed by atoms with Crippen LogP contribution in [-0.2, 0) is 16.1 Å². The molecule has 2 aromatic heterocycles.